The van der Waals surface area contributed by atoms with Gasteiger partial charge in [0, 0.05) is 57.4 Å². The standard InChI is InChI=1S/C10H18O3.3C9H17NO3.C8H11N/c1-7(2)4-9(5-8(3)11)6-10(12)13;3*1-6(2)3-7(4-8(10)11)5-9(12)13;1-7(9)8-5-3-2-4-6-8/h7,9H,4-6H2,1-3H3,(H,12,13);3*6-7H,3-5H2,1-2H3,(H2,10,11)(H,12,13);2-7H,9H2,1H3/t9-;2*7-;;7-/m110.1/s1. The van der Waals surface area contributed by atoms with Gasteiger partial charge in [0.1, 0.15) is 5.78 Å². The van der Waals surface area contributed by atoms with Crippen LogP contribution in [0.15, 0.2) is 30.3 Å². The maximum absolute atomic E-state index is 10.8. The highest BCUT2D eigenvalue weighted by Crippen LogP contribution is 2.21. The van der Waals surface area contributed by atoms with Crippen LogP contribution in [0.25, 0.3) is 0 Å². The number of primary amides is 3. The van der Waals surface area contributed by atoms with E-state index in [-0.39, 0.29) is 80.4 Å². The maximum Gasteiger partial charge on any atom is 0.303 e. The van der Waals surface area contributed by atoms with E-state index in [0.29, 0.717) is 30.1 Å². The lowest BCUT2D eigenvalue weighted by Crippen LogP contribution is -2.19. The summed E-state index contributed by atoms with van der Waals surface area (Å²) in [6.45, 7) is 19.5. The zero-order valence-electron chi connectivity index (χ0n) is 38.4. The molecule has 352 valence electrons. The number of carbonyl (C=O) groups is 8. The van der Waals surface area contributed by atoms with E-state index in [9.17, 15) is 38.4 Å². The Morgan fingerprint density at radius 2 is 0.656 bits per heavy atom. The van der Waals surface area contributed by atoms with Crippen molar-refractivity contribution in [1.82, 2.24) is 0 Å². The molecule has 0 spiro atoms. The van der Waals surface area contributed by atoms with Gasteiger partial charge in [0.05, 0.1) is 0 Å². The second-order valence-corrected chi connectivity index (χ2v) is 17.5. The number of carboxylic acids is 4. The molecule has 0 bridgehead atoms. The summed E-state index contributed by atoms with van der Waals surface area (Å²) < 4.78 is 0. The number of Topliss-reactive ketones (excluding diaryl/α,β-unsaturated/α-hetero) is 1. The minimum Gasteiger partial charge on any atom is -0.481 e. The Hall–Kier alpha value is -4.86. The molecule has 61 heavy (non-hydrogen) atoms. The number of ketones is 1. The van der Waals surface area contributed by atoms with Gasteiger partial charge in [-0.05, 0) is 92.4 Å². The van der Waals surface area contributed by atoms with Crippen LogP contribution >= 0.6 is 0 Å². The lowest BCUT2D eigenvalue weighted by atomic mass is 9.90. The smallest absolute Gasteiger partial charge is 0.303 e. The van der Waals surface area contributed by atoms with E-state index in [1.54, 1.807) is 0 Å². The van der Waals surface area contributed by atoms with E-state index in [2.05, 4.69) is 0 Å². The topological polar surface area (TPSA) is 322 Å². The minimum absolute atomic E-state index is 0.00926. The second-order valence-electron chi connectivity index (χ2n) is 17.5. The number of aliphatic carboxylic acids is 4. The predicted molar refractivity (Wildman–Crippen MR) is 237 cm³/mol. The quantitative estimate of drug-likeness (QED) is 0.0501. The van der Waals surface area contributed by atoms with Crippen LogP contribution in [-0.2, 0) is 38.4 Å². The normalized spacial score (nSPS) is 12.9. The van der Waals surface area contributed by atoms with Gasteiger partial charge in [0.15, 0.2) is 0 Å². The highest BCUT2D eigenvalue weighted by Gasteiger charge is 2.19. The van der Waals surface area contributed by atoms with E-state index in [4.69, 9.17) is 43.4 Å². The fraction of sp³-hybridized carbons (Fsp3) is 0.689. The van der Waals surface area contributed by atoms with Gasteiger partial charge in [-0.25, -0.2) is 0 Å². The number of amides is 3. The van der Waals surface area contributed by atoms with Crippen LogP contribution in [0.5, 0.6) is 0 Å². The average molecular weight is 869 g/mol. The second kappa shape index (κ2) is 36.9. The highest BCUT2D eigenvalue weighted by atomic mass is 16.4. The summed E-state index contributed by atoms with van der Waals surface area (Å²) in [6.07, 6.45) is 4.11. The van der Waals surface area contributed by atoms with Gasteiger partial charge in [-0.1, -0.05) is 85.7 Å². The summed E-state index contributed by atoms with van der Waals surface area (Å²) >= 11 is 0. The van der Waals surface area contributed by atoms with Crippen molar-refractivity contribution in [3.63, 3.8) is 0 Å². The largest absolute Gasteiger partial charge is 0.481 e. The van der Waals surface area contributed by atoms with Crippen molar-refractivity contribution >= 4 is 47.4 Å². The Morgan fingerprint density at radius 1 is 0.426 bits per heavy atom. The number of carboxylic acid groups (broad SMARTS) is 4. The van der Waals surface area contributed by atoms with Crippen LogP contribution < -0.4 is 22.9 Å². The molecular formula is C45H80N4O12. The van der Waals surface area contributed by atoms with Crippen LogP contribution in [-0.4, -0.2) is 67.8 Å². The number of rotatable bonds is 25. The monoisotopic (exact) mass is 869 g/mol. The van der Waals surface area contributed by atoms with Crippen LogP contribution in [0, 0.1) is 47.3 Å². The van der Waals surface area contributed by atoms with Crippen molar-refractivity contribution in [3.8, 4) is 0 Å². The molecule has 5 atom stereocenters. The summed E-state index contributed by atoms with van der Waals surface area (Å²) in [4.78, 5) is 84.4. The Balaban J connectivity index is -0.000000334. The summed E-state index contributed by atoms with van der Waals surface area (Å²) in [5.41, 5.74) is 21.8. The van der Waals surface area contributed by atoms with E-state index in [0.717, 1.165) is 25.7 Å². The molecule has 0 aliphatic rings. The SMILES string of the molecule is CC(=O)C[C@H](CC(=O)O)CC(C)C.CC(C)CC(CC(N)=O)CC(=O)O.CC(C)C[C@@H](CC(N)=O)CC(=O)O.CC(C)C[C@H](CC(N)=O)CC(=O)O.C[C@@H](N)c1ccccc1. The lowest BCUT2D eigenvalue weighted by molar-refractivity contribution is -0.139. The van der Waals surface area contributed by atoms with E-state index >= 15 is 0 Å². The van der Waals surface area contributed by atoms with Crippen molar-refractivity contribution < 1.29 is 58.8 Å². The molecule has 0 aliphatic heterocycles. The molecule has 16 heteroatoms. The van der Waals surface area contributed by atoms with Crippen molar-refractivity contribution in [2.24, 2.45) is 70.3 Å². The summed E-state index contributed by atoms with van der Waals surface area (Å²) in [5.74, 6) is -3.33. The molecule has 0 heterocycles. The Morgan fingerprint density at radius 3 is 0.803 bits per heavy atom. The molecule has 3 amide bonds. The third-order valence-corrected chi connectivity index (χ3v) is 8.44. The Kier molecular flexibility index (Phi) is 38.0. The van der Waals surface area contributed by atoms with Gasteiger partial charge < -0.3 is 48.2 Å². The van der Waals surface area contributed by atoms with Gasteiger partial charge in [-0.15, -0.1) is 0 Å². The van der Waals surface area contributed by atoms with Gasteiger partial charge in [0.25, 0.3) is 0 Å². The maximum atomic E-state index is 10.8. The predicted octanol–water partition coefficient (Wildman–Crippen LogP) is 6.81. The molecule has 0 saturated heterocycles. The Labute approximate surface area is 364 Å². The fourth-order valence-corrected chi connectivity index (χ4v) is 6.63. The zero-order chi connectivity index (χ0) is 48.4. The first-order chi connectivity index (χ1) is 28.0. The van der Waals surface area contributed by atoms with E-state index in [1.807, 2.05) is 92.6 Å². The zero-order valence-corrected chi connectivity index (χ0v) is 38.4. The molecule has 1 rings (SSSR count). The van der Waals surface area contributed by atoms with Gasteiger partial charge in [-0.3, -0.25) is 33.6 Å². The summed E-state index contributed by atoms with van der Waals surface area (Å²) in [6, 6.07) is 10.2. The molecule has 1 aromatic carbocycles. The molecule has 0 aromatic heterocycles. The average Bonchev–Trinajstić information content (AvgIpc) is 3.02. The van der Waals surface area contributed by atoms with Crippen molar-refractivity contribution in [1.29, 1.82) is 0 Å². The molecule has 16 nitrogen and oxygen atoms in total. The van der Waals surface area contributed by atoms with Crippen molar-refractivity contribution in [2.75, 3.05) is 0 Å². The molecule has 0 fully saturated rings. The number of carbonyl (C=O) groups excluding carboxylic acids is 4. The van der Waals surface area contributed by atoms with Gasteiger partial charge >= 0.3 is 23.9 Å². The first kappa shape index (κ1) is 62.8. The highest BCUT2D eigenvalue weighted by molar-refractivity contribution is 5.77. The van der Waals surface area contributed by atoms with E-state index in [1.165, 1.54) is 12.5 Å². The lowest BCUT2D eigenvalue weighted by Gasteiger charge is -2.14. The summed E-state index contributed by atoms with van der Waals surface area (Å²) in [7, 11) is 0. The summed E-state index contributed by atoms with van der Waals surface area (Å²) in [5, 5.41) is 34.3. The first-order valence-electron chi connectivity index (χ1n) is 21.0. The van der Waals surface area contributed by atoms with Crippen LogP contribution in [0.1, 0.15) is 158 Å². The van der Waals surface area contributed by atoms with Gasteiger partial charge in [0.2, 0.25) is 17.7 Å². The molecule has 0 saturated carbocycles. The number of benzene rings is 1. The minimum atomic E-state index is -0.869. The molecule has 0 radical (unpaired) electrons. The molecule has 1 aromatic rings. The number of hydrogen-bond donors (Lipinski definition) is 8. The van der Waals surface area contributed by atoms with Gasteiger partial charge in [-0.2, -0.15) is 0 Å². The molecule has 12 N–H and O–H groups in total. The van der Waals surface area contributed by atoms with Crippen LogP contribution in [0.2, 0.25) is 0 Å². The first-order valence-corrected chi connectivity index (χ1v) is 21.0. The third kappa shape index (κ3) is 51.2. The molecule has 0 aliphatic carbocycles. The van der Waals surface area contributed by atoms with Crippen molar-refractivity contribution in [3.05, 3.63) is 35.9 Å². The third-order valence-electron chi connectivity index (χ3n) is 8.44. The fourth-order valence-electron chi connectivity index (χ4n) is 6.63. The van der Waals surface area contributed by atoms with E-state index < -0.39 is 41.6 Å². The van der Waals surface area contributed by atoms with Crippen LogP contribution in [0.3, 0.4) is 0 Å². The Bertz CT molecular complexity index is 1180. The number of hydrogen-bond acceptors (Lipinski definition) is 9. The molecule has 1 unspecified atom stereocenters. The van der Waals surface area contributed by atoms with Crippen LogP contribution in [0.4, 0.5) is 0 Å². The van der Waals surface area contributed by atoms with Crippen molar-refractivity contribution in [2.45, 2.75) is 152 Å². The molecular weight excluding hydrogens is 789 g/mol. The number of nitrogens with two attached hydrogens (primary N) is 4.